The van der Waals surface area contributed by atoms with Gasteiger partial charge in [-0.05, 0) is 50.4 Å². The number of nitrogens with one attached hydrogen (secondary N) is 1. The smallest absolute Gasteiger partial charge is 0.119 e. The summed E-state index contributed by atoms with van der Waals surface area (Å²) < 4.78 is 5.73. The first-order valence-corrected chi connectivity index (χ1v) is 7.79. The zero-order valence-corrected chi connectivity index (χ0v) is 12.7. The van der Waals surface area contributed by atoms with Crippen LogP contribution in [0.4, 0.5) is 0 Å². The molecule has 2 rings (SSSR count). The van der Waals surface area contributed by atoms with Gasteiger partial charge in [0.25, 0.3) is 0 Å². The quantitative estimate of drug-likeness (QED) is 0.805. The minimum absolute atomic E-state index is 0.417. The summed E-state index contributed by atoms with van der Waals surface area (Å²) in [4.78, 5) is 0. The summed E-state index contributed by atoms with van der Waals surface area (Å²) in [6.45, 7) is 5.74. The van der Waals surface area contributed by atoms with Gasteiger partial charge in [0.15, 0.2) is 0 Å². The van der Waals surface area contributed by atoms with E-state index in [0.29, 0.717) is 12.6 Å². The van der Waals surface area contributed by atoms with E-state index in [1.54, 1.807) is 0 Å². The number of aliphatic hydroxyl groups is 1. The third-order valence-corrected chi connectivity index (χ3v) is 4.06. The van der Waals surface area contributed by atoms with Crippen molar-refractivity contribution in [1.82, 2.24) is 5.32 Å². The van der Waals surface area contributed by atoms with Crippen LogP contribution in [0.3, 0.4) is 0 Å². The van der Waals surface area contributed by atoms with Gasteiger partial charge in [-0.25, -0.2) is 0 Å². The molecule has 0 radical (unpaired) electrons. The average Bonchev–Trinajstić information content (AvgIpc) is 2.86. The Hall–Kier alpha value is -1.06. The Kier molecular flexibility index (Phi) is 5.44. The highest BCUT2D eigenvalue weighted by Crippen LogP contribution is 2.30. The van der Waals surface area contributed by atoms with Crippen molar-refractivity contribution in [3.63, 3.8) is 0 Å². The molecule has 3 heteroatoms. The van der Waals surface area contributed by atoms with Crippen LogP contribution in [-0.2, 0) is 6.42 Å². The third-order valence-electron chi connectivity index (χ3n) is 4.06. The summed E-state index contributed by atoms with van der Waals surface area (Å²) >= 11 is 0. The van der Waals surface area contributed by atoms with Gasteiger partial charge in [0.2, 0.25) is 0 Å². The minimum atomic E-state index is -0.599. The number of likely N-dealkylation sites (N-methyl/N-ethyl adjacent to an activating group) is 1. The van der Waals surface area contributed by atoms with E-state index in [9.17, 15) is 5.11 Å². The summed E-state index contributed by atoms with van der Waals surface area (Å²) in [5.41, 5.74) is 0.712. The largest absolute Gasteiger partial charge is 0.491 e. The summed E-state index contributed by atoms with van der Waals surface area (Å²) in [5, 5.41) is 13.7. The average molecular weight is 277 g/mol. The van der Waals surface area contributed by atoms with Crippen LogP contribution in [0.25, 0.3) is 0 Å². The maximum atomic E-state index is 10.3. The number of ether oxygens (including phenoxy) is 1. The molecular weight excluding hydrogens is 250 g/mol. The molecule has 1 aliphatic carbocycles. The molecule has 0 bridgehead atoms. The van der Waals surface area contributed by atoms with E-state index in [2.05, 4.69) is 31.3 Å². The predicted molar refractivity (Wildman–Crippen MR) is 82.2 cm³/mol. The van der Waals surface area contributed by atoms with Crippen LogP contribution in [0.5, 0.6) is 5.75 Å². The van der Waals surface area contributed by atoms with Crippen molar-refractivity contribution >= 4 is 0 Å². The Morgan fingerprint density at radius 1 is 1.25 bits per heavy atom. The van der Waals surface area contributed by atoms with Gasteiger partial charge in [-0.1, -0.05) is 31.9 Å². The lowest BCUT2D eigenvalue weighted by molar-refractivity contribution is 0.00141. The van der Waals surface area contributed by atoms with Crippen LogP contribution in [-0.4, -0.2) is 29.9 Å². The maximum absolute atomic E-state index is 10.3. The first-order valence-electron chi connectivity index (χ1n) is 7.79. The molecular formula is C17H27NO2. The molecule has 0 saturated heterocycles. The first kappa shape index (κ1) is 15.3. The number of hydrogen-bond acceptors (Lipinski definition) is 3. The molecule has 1 saturated carbocycles. The molecule has 0 amide bonds. The van der Waals surface area contributed by atoms with Crippen molar-refractivity contribution in [3.05, 3.63) is 29.8 Å². The Morgan fingerprint density at radius 3 is 2.50 bits per heavy atom. The van der Waals surface area contributed by atoms with Crippen molar-refractivity contribution < 1.29 is 9.84 Å². The predicted octanol–water partition coefficient (Wildman–Crippen LogP) is 2.91. The van der Waals surface area contributed by atoms with E-state index in [1.807, 2.05) is 12.1 Å². The zero-order valence-electron chi connectivity index (χ0n) is 12.7. The Morgan fingerprint density at radius 2 is 1.90 bits per heavy atom. The van der Waals surface area contributed by atoms with Crippen molar-refractivity contribution in [1.29, 1.82) is 0 Å². The molecule has 0 spiro atoms. The topological polar surface area (TPSA) is 41.5 Å². The molecule has 1 fully saturated rings. The molecule has 1 aromatic rings. The minimum Gasteiger partial charge on any atom is -0.491 e. The van der Waals surface area contributed by atoms with Gasteiger partial charge < -0.3 is 15.2 Å². The molecule has 0 heterocycles. The van der Waals surface area contributed by atoms with E-state index in [0.717, 1.165) is 44.4 Å². The summed E-state index contributed by atoms with van der Waals surface area (Å²) in [6, 6.07) is 8.73. The molecule has 2 N–H and O–H groups in total. The third kappa shape index (κ3) is 4.50. The van der Waals surface area contributed by atoms with E-state index >= 15 is 0 Å². The van der Waals surface area contributed by atoms with Gasteiger partial charge in [-0.3, -0.25) is 0 Å². The monoisotopic (exact) mass is 277 g/mol. The van der Waals surface area contributed by atoms with Gasteiger partial charge in [-0.2, -0.15) is 0 Å². The van der Waals surface area contributed by atoms with Crippen molar-refractivity contribution in [2.45, 2.75) is 57.6 Å². The SMILES string of the molecule is CCNC(C)Cc1ccc(OCC2(O)CCCC2)cc1. The fraction of sp³-hybridized carbons (Fsp3) is 0.647. The molecule has 0 aromatic heterocycles. The lowest BCUT2D eigenvalue weighted by atomic mass is 10.0. The number of hydrogen-bond donors (Lipinski definition) is 2. The van der Waals surface area contributed by atoms with Gasteiger partial charge >= 0.3 is 0 Å². The van der Waals surface area contributed by atoms with Gasteiger partial charge in [0.05, 0.1) is 5.60 Å². The summed E-state index contributed by atoms with van der Waals surface area (Å²) in [6.07, 6.45) is 4.98. The van der Waals surface area contributed by atoms with Crippen molar-refractivity contribution in [3.8, 4) is 5.75 Å². The molecule has 3 nitrogen and oxygen atoms in total. The Balaban J connectivity index is 1.82. The van der Waals surface area contributed by atoms with E-state index in [-0.39, 0.29) is 0 Å². The summed E-state index contributed by atoms with van der Waals surface area (Å²) in [5.74, 6) is 0.852. The van der Waals surface area contributed by atoms with Crippen molar-refractivity contribution in [2.24, 2.45) is 0 Å². The van der Waals surface area contributed by atoms with Crippen LogP contribution in [0, 0.1) is 0 Å². The Bertz CT molecular complexity index is 396. The van der Waals surface area contributed by atoms with E-state index < -0.39 is 5.60 Å². The second-order valence-corrected chi connectivity index (χ2v) is 6.03. The summed E-state index contributed by atoms with van der Waals surface area (Å²) in [7, 11) is 0. The van der Waals surface area contributed by atoms with Crippen LogP contribution < -0.4 is 10.1 Å². The van der Waals surface area contributed by atoms with Gasteiger partial charge in [0.1, 0.15) is 12.4 Å². The molecule has 1 aromatic carbocycles. The molecule has 0 aliphatic heterocycles. The highest BCUT2D eigenvalue weighted by atomic mass is 16.5. The molecule has 20 heavy (non-hydrogen) atoms. The normalized spacial score (nSPS) is 18.9. The zero-order chi connectivity index (χ0) is 14.4. The van der Waals surface area contributed by atoms with E-state index in [4.69, 9.17) is 4.74 Å². The van der Waals surface area contributed by atoms with Gasteiger partial charge in [-0.15, -0.1) is 0 Å². The molecule has 112 valence electrons. The number of rotatable bonds is 7. The van der Waals surface area contributed by atoms with Crippen LogP contribution in [0.2, 0.25) is 0 Å². The fourth-order valence-corrected chi connectivity index (χ4v) is 2.89. The molecule has 1 unspecified atom stereocenters. The standard InChI is InChI=1S/C17H27NO2/c1-3-18-14(2)12-15-6-8-16(9-7-15)20-13-17(19)10-4-5-11-17/h6-9,14,18-19H,3-5,10-13H2,1-2H3. The van der Waals surface area contributed by atoms with Crippen LogP contribution >= 0.6 is 0 Å². The Labute approximate surface area is 122 Å². The lowest BCUT2D eigenvalue weighted by Gasteiger charge is -2.22. The molecule has 1 atom stereocenters. The maximum Gasteiger partial charge on any atom is 0.119 e. The second-order valence-electron chi connectivity index (χ2n) is 6.03. The van der Waals surface area contributed by atoms with Gasteiger partial charge in [0, 0.05) is 6.04 Å². The highest BCUT2D eigenvalue weighted by Gasteiger charge is 2.31. The van der Waals surface area contributed by atoms with Crippen molar-refractivity contribution in [2.75, 3.05) is 13.2 Å². The van der Waals surface area contributed by atoms with E-state index in [1.165, 1.54) is 5.56 Å². The van der Waals surface area contributed by atoms with Crippen LogP contribution in [0.15, 0.2) is 24.3 Å². The first-order chi connectivity index (χ1) is 9.61. The van der Waals surface area contributed by atoms with Crippen LogP contribution in [0.1, 0.15) is 45.1 Å². The lowest BCUT2D eigenvalue weighted by Crippen LogP contribution is -2.32. The molecule has 1 aliphatic rings. The number of benzene rings is 1. The fourth-order valence-electron chi connectivity index (χ4n) is 2.89. The second kappa shape index (κ2) is 7.09. The highest BCUT2D eigenvalue weighted by molar-refractivity contribution is 5.27.